The van der Waals surface area contributed by atoms with Gasteiger partial charge in [-0.3, -0.25) is 4.79 Å². The summed E-state index contributed by atoms with van der Waals surface area (Å²) >= 11 is 3.35. The van der Waals surface area contributed by atoms with Crippen LogP contribution < -0.4 is 10.1 Å². The van der Waals surface area contributed by atoms with Crippen molar-refractivity contribution in [2.45, 2.75) is 13.3 Å². The summed E-state index contributed by atoms with van der Waals surface area (Å²) in [6, 6.07) is 7.22. The van der Waals surface area contributed by atoms with E-state index in [0.29, 0.717) is 26.1 Å². The Labute approximate surface area is 143 Å². The average molecular weight is 385 g/mol. The van der Waals surface area contributed by atoms with Crippen LogP contribution in [-0.2, 0) is 4.79 Å². The molecule has 0 aliphatic carbocycles. The van der Waals surface area contributed by atoms with Gasteiger partial charge >= 0.3 is 12.0 Å². The average Bonchev–Trinajstić information content (AvgIpc) is 2.52. The number of ether oxygens (including phenoxy) is 1. The van der Waals surface area contributed by atoms with Gasteiger partial charge in [0.05, 0.1) is 12.5 Å². The molecule has 1 heterocycles. The van der Waals surface area contributed by atoms with Crippen LogP contribution in [0, 0.1) is 11.8 Å². The lowest BCUT2D eigenvalue weighted by Crippen LogP contribution is -2.50. The van der Waals surface area contributed by atoms with Gasteiger partial charge in [-0.05, 0) is 36.6 Å². The van der Waals surface area contributed by atoms with Crippen LogP contribution in [0.25, 0.3) is 0 Å². The molecule has 1 aliphatic rings. The quantitative estimate of drug-likeness (QED) is 0.764. The van der Waals surface area contributed by atoms with E-state index < -0.39 is 11.9 Å². The van der Waals surface area contributed by atoms with Crippen LogP contribution in [0.2, 0.25) is 0 Å². The second kappa shape index (κ2) is 8.19. The molecule has 2 N–H and O–H groups in total. The normalized spacial score (nSPS) is 20.9. The minimum Gasteiger partial charge on any atom is -0.492 e. The highest BCUT2D eigenvalue weighted by atomic mass is 79.9. The zero-order chi connectivity index (χ0) is 16.8. The highest BCUT2D eigenvalue weighted by molar-refractivity contribution is 9.10. The van der Waals surface area contributed by atoms with E-state index in [2.05, 4.69) is 21.2 Å². The van der Waals surface area contributed by atoms with E-state index in [0.717, 1.165) is 10.2 Å². The maximum Gasteiger partial charge on any atom is 0.317 e. The lowest BCUT2D eigenvalue weighted by atomic mass is 9.91. The molecule has 0 spiro atoms. The van der Waals surface area contributed by atoms with Crippen molar-refractivity contribution in [2.24, 2.45) is 11.8 Å². The van der Waals surface area contributed by atoms with Gasteiger partial charge in [-0.1, -0.05) is 22.9 Å². The highest BCUT2D eigenvalue weighted by Crippen LogP contribution is 2.21. The Kier molecular flexibility index (Phi) is 6.27. The predicted molar refractivity (Wildman–Crippen MR) is 89.5 cm³/mol. The number of urea groups is 1. The molecule has 2 atom stereocenters. The van der Waals surface area contributed by atoms with Gasteiger partial charge in [0.15, 0.2) is 0 Å². The first-order valence-electron chi connectivity index (χ1n) is 7.59. The van der Waals surface area contributed by atoms with Crippen molar-refractivity contribution in [3.8, 4) is 5.75 Å². The second-order valence-corrected chi connectivity index (χ2v) is 6.73. The fourth-order valence-corrected chi connectivity index (χ4v) is 2.93. The Morgan fingerprint density at radius 1 is 1.35 bits per heavy atom. The number of carboxylic acid groups (broad SMARTS) is 1. The molecule has 0 radical (unpaired) electrons. The largest absolute Gasteiger partial charge is 0.492 e. The van der Waals surface area contributed by atoms with Crippen LogP contribution >= 0.6 is 15.9 Å². The number of hydrogen-bond donors (Lipinski definition) is 2. The Hall–Kier alpha value is -1.76. The summed E-state index contributed by atoms with van der Waals surface area (Å²) in [6.45, 7) is 3.55. The van der Waals surface area contributed by atoms with Gasteiger partial charge in [0.1, 0.15) is 12.4 Å². The van der Waals surface area contributed by atoms with E-state index in [1.807, 2.05) is 31.2 Å². The van der Waals surface area contributed by atoms with Crippen LogP contribution in [0.1, 0.15) is 13.3 Å². The van der Waals surface area contributed by atoms with E-state index in [1.54, 1.807) is 4.90 Å². The predicted octanol–water partition coefficient (Wildman–Crippen LogP) is 2.58. The zero-order valence-corrected chi connectivity index (χ0v) is 14.6. The molecule has 2 rings (SSSR count). The SMILES string of the molecule is CC1CC(C(=O)O)CN(C(=O)NCCOc2ccc(Br)cc2)C1. The van der Waals surface area contributed by atoms with Crippen molar-refractivity contribution in [2.75, 3.05) is 26.2 Å². The van der Waals surface area contributed by atoms with Crippen molar-refractivity contribution >= 4 is 27.9 Å². The summed E-state index contributed by atoms with van der Waals surface area (Å²) in [5, 5.41) is 11.9. The van der Waals surface area contributed by atoms with E-state index in [-0.39, 0.29) is 18.5 Å². The third kappa shape index (κ3) is 5.42. The maximum absolute atomic E-state index is 12.1. The monoisotopic (exact) mass is 384 g/mol. The van der Waals surface area contributed by atoms with Crippen molar-refractivity contribution in [1.29, 1.82) is 0 Å². The molecule has 1 fully saturated rings. The summed E-state index contributed by atoms with van der Waals surface area (Å²) in [4.78, 5) is 24.8. The molecule has 7 heteroatoms. The number of amides is 2. The van der Waals surface area contributed by atoms with Gasteiger partial charge in [0, 0.05) is 17.6 Å². The Bertz CT molecular complexity index is 550. The lowest BCUT2D eigenvalue weighted by Gasteiger charge is -2.34. The van der Waals surface area contributed by atoms with Crippen LogP contribution in [-0.4, -0.2) is 48.2 Å². The fourth-order valence-electron chi connectivity index (χ4n) is 2.67. The van der Waals surface area contributed by atoms with Gasteiger partial charge in [0.25, 0.3) is 0 Å². The molecular formula is C16H21BrN2O4. The number of piperidine rings is 1. The number of carbonyl (C=O) groups excluding carboxylic acids is 1. The minimum atomic E-state index is -0.840. The first kappa shape index (κ1) is 17.6. The smallest absolute Gasteiger partial charge is 0.317 e. The molecule has 1 aliphatic heterocycles. The van der Waals surface area contributed by atoms with Crippen LogP contribution in [0.15, 0.2) is 28.7 Å². The molecule has 0 saturated carbocycles. The summed E-state index contributed by atoms with van der Waals surface area (Å²) in [7, 11) is 0. The van der Waals surface area contributed by atoms with Crippen molar-refractivity contribution in [3.05, 3.63) is 28.7 Å². The highest BCUT2D eigenvalue weighted by Gasteiger charge is 2.31. The van der Waals surface area contributed by atoms with Gasteiger partial charge in [-0.15, -0.1) is 0 Å². The molecule has 0 bridgehead atoms. The van der Waals surface area contributed by atoms with Crippen molar-refractivity contribution < 1.29 is 19.4 Å². The van der Waals surface area contributed by atoms with Gasteiger partial charge in [-0.2, -0.15) is 0 Å². The molecule has 6 nitrogen and oxygen atoms in total. The summed E-state index contributed by atoms with van der Waals surface area (Å²) in [5.74, 6) is -0.397. The summed E-state index contributed by atoms with van der Waals surface area (Å²) < 4.78 is 6.51. The van der Waals surface area contributed by atoms with Crippen LogP contribution in [0.4, 0.5) is 4.79 Å². The minimum absolute atomic E-state index is 0.189. The number of rotatable bonds is 5. The van der Waals surface area contributed by atoms with Gasteiger partial charge in [-0.25, -0.2) is 4.79 Å². The van der Waals surface area contributed by atoms with Crippen molar-refractivity contribution in [1.82, 2.24) is 10.2 Å². The summed E-state index contributed by atoms with van der Waals surface area (Å²) in [6.07, 6.45) is 0.617. The number of nitrogens with one attached hydrogen (secondary N) is 1. The topological polar surface area (TPSA) is 78.9 Å². The van der Waals surface area contributed by atoms with E-state index in [9.17, 15) is 9.59 Å². The van der Waals surface area contributed by atoms with E-state index >= 15 is 0 Å². The number of hydrogen-bond acceptors (Lipinski definition) is 3. The number of carbonyl (C=O) groups is 2. The van der Waals surface area contributed by atoms with E-state index in [4.69, 9.17) is 9.84 Å². The van der Waals surface area contributed by atoms with Gasteiger partial charge < -0.3 is 20.1 Å². The number of carboxylic acids is 1. The Balaban J connectivity index is 1.73. The zero-order valence-electron chi connectivity index (χ0n) is 13.0. The van der Waals surface area contributed by atoms with E-state index in [1.165, 1.54) is 0 Å². The lowest BCUT2D eigenvalue weighted by molar-refractivity contribution is -0.143. The van der Waals surface area contributed by atoms with Gasteiger partial charge in [0.2, 0.25) is 0 Å². The second-order valence-electron chi connectivity index (χ2n) is 5.82. The molecule has 1 saturated heterocycles. The molecular weight excluding hydrogens is 364 g/mol. The molecule has 126 valence electrons. The number of benzene rings is 1. The number of nitrogens with zero attached hydrogens (tertiary/aromatic N) is 1. The standard InChI is InChI=1S/C16H21BrN2O4/c1-11-8-12(15(20)21)10-19(9-11)16(22)18-6-7-23-14-4-2-13(17)3-5-14/h2-5,11-12H,6-10H2,1H3,(H,18,22)(H,20,21). The van der Waals surface area contributed by atoms with Crippen LogP contribution in [0.3, 0.4) is 0 Å². The number of likely N-dealkylation sites (tertiary alicyclic amines) is 1. The van der Waals surface area contributed by atoms with Crippen molar-refractivity contribution in [3.63, 3.8) is 0 Å². The number of aliphatic carboxylic acids is 1. The Morgan fingerprint density at radius 3 is 2.70 bits per heavy atom. The molecule has 1 aromatic rings. The maximum atomic E-state index is 12.1. The third-order valence-electron chi connectivity index (χ3n) is 3.76. The Morgan fingerprint density at radius 2 is 2.04 bits per heavy atom. The molecule has 0 aromatic heterocycles. The van der Waals surface area contributed by atoms with Crippen LogP contribution in [0.5, 0.6) is 5.75 Å². The molecule has 23 heavy (non-hydrogen) atoms. The molecule has 1 aromatic carbocycles. The summed E-state index contributed by atoms with van der Waals surface area (Å²) in [5.41, 5.74) is 0. The molecule has 2 unspecified atom stereocenters. The molecule has 2 amide bonds. The first-order valence-corrected chi connectivity index (χ1v) is 8.39. The fraction of sp³-hybridized carbons (Fsp3) is 0.500. The first-order chi connectivity index (χ1) is 11.0. The third-order valence-corrected chi connectivity index (χ3v) is 4.29. The number of halogens is 1.